The van der Waals surface area contributed by atoms with Crippen LogP contribution in [-0.4, -0.2) is 77.6 Å². The van der Waals surface area contributed by atoms with Gasteiger partial charge in [0.25, 0.3) is 5.56 Å². The fourth-order valence-electron chi connectivity index (χ4n) is 3.61. The zero-order valence-corrected chi connectivity index (χ0v) is 28.3. The van der Waals surface area contributed by atoms with Crippen LogP contribution < -0.4 is 16.6 Å². The minimum absolute atomic E-state index is 0.0648. The Bertz CT molecular complexity index is 1560. The van der Waals surface area contributed by atoms with Crippen LogP contribution in [0.15, 0.2) is 20.9 Å². The molecule has 1 fully saturated rings. The van der Waals surface area contributed by atoms with Crippen LogP contribution in [0.3, 0.4) is 0 Å². The van der Waals surface area contributed by atoms with Gasteiger partial charge in [-0.15, -0.1) is 0 Å². The number of carbonyl (C=O) groups excluding carboxylic acids is 1. The number of azide groups is 1. The van der Waals surface area contributed by atoms with E-state index in [0.717, 1.165) is 4.57 Å². The summed E-state index contributed by atoms with van der Waals surface area (Å²) in [6.07, 6.45) is -1.65. The molecule has 0 saturated carbocycles. The number of phosphoric acid groups is 3. The van der Waals surface area contributed by atoms with E-state index in [4.69, 9.17) is 40.5 Å². The molecule has 45 heavy (non-hydrogen) atoms. The average Bonchev–Trinajstić information content (AvgIpc) is 3.30. The van der Waals surface area contributed by atoms with Crippen LogP contribution in [0.25, 0.3) is 10.4 Å². The Balaban J connectivity index is 2.14. The van der Waals surface area contributed by atoms with Crippen LogP contribution in [0, 0.1) is 6.92 Å². The van der Waals surface area contributed by atoms with Gasteiger partial charge >= 0.3 is 29.2 Å². The molecule has 6 atom stereocenters. The summed E-state index contributed by atoms with van der Waals surface area (Å²) in [5, 5.41) is 6.12. The molecule has 0 spiro atoms. The van der Waals surface area contributed by atoms with Gasteiger partial charge in [-0.3, -0.25) is 23.7 Å². The summed E-state index contributed by atoms with van der Waals surface area (Å²) >= 11 is 5.61. The SMILES string of the molecule is Cc1cn([C@H]2C[C@@H](OCS(=S)C(C)(C)CNC(=O)CCCN=[N+]=[N-])[C@@H](COP(=O)(O)OP(=O)(O)OP(=O)(O)O)O2)c(=O)[nH]c1=O. The Hall–Kier alpha value is -1.64. The lowest BCUT2D eigenvalue weighted by molar-refractivity contribution is -0.121. The van der Waals surface area contributed by atoms with Crippen molar-refractivity contribution >= 4 is 50.0 Å². The molecule has 1 amide bonds. The summed E-state index contributed by atoms with van der Waals surface area (Å²) in [6, 6.07) is 0. The van der Waals surface area contributed by atoms with E-state index in [1.165, 1.54) is 13.1 Å². The van der Waals surface area contributed by atoms with E-state index in [1.807, 2.05) is 0 Å². The third-order valence-electron chi connectivity index (χ3n) is 5.90. The maximum Gasteiger partial charge on any atom is 0.490 e. The molecular formula is C19H33N6O15P3S2. The minimum Gasteiger partial charge on any atom is -0.364 e. The van der Waals surface area contributed by atoms with Gasteiger partial charge in [0, 0.05) is 47.4 Å². The predicted octanol–water partition coefficient (Wildman–Crippen LogP) is 0.884. The number of nitrogens with zero attached hydrogens (tertiary/aromatic N) is 4. The Labute approximate surface area is 262 Å². The van der Waals surface area contributed by atoms with Gasteiger partial charge in [-0.05, 0) is 43.9 Å². The molecule has 1 aromatic rings. The zero-order chi connectivity index (χ0) is 34.2. The van der Waals surface area contributed by atoms with Gasteiger partial charge in [-0.2, -0.15) is 8.62 Å². The second-order valence-corrected chi connectivity index (χ2v) is 17.7. The van der Waals surface area contributed by atoms with Gasteiger partial charge < -0.3 is 34.4 Å². The molecule has 0 aliphatic carbocycles. The van der Waals surface area contributed by atoms with Crippen LogP contribution in [0.5, 0.6) is 0 Å². The van der Waals surface area contributed by atoms with E-state index >= 15 is 0 Å². The molecule has 21 nitrogen and oxygen atoms in total. The average molecular weight is 743 g/mol. The summed E-state index contributed by atoms with van der Waals surface area (Å²) in [5.41, 5.74) is 7.01. The fourth-order valence-corrected chi connectivity index (χ4v) is 7.84. The number of H-pyrrole nitrogens is 1. The Kier molecular flexibility index (Phi) is 14.5. The molecule has 2 rings (SSSR count). The first kappa shape index (κ1) is 39.5. The molecule has 1 aromatic heterocycles. The Morgan fingerprint density at radius 3 is 2.56 bits per heavy atom. The molecule has 6 N–H and O–H groups in total. The van der Waals surface area contributed by atoms with Gasteiger partial charge in [-0.1, -0.05) is 14.6 Å². The summed E-state index contributed by atoms with van der Waals surface area (Å²) in [6.45, 7) is 4.50. The number of aromatic nitrogens is 2. The van der Waals surface area contributed by atoms with Gasteiger partial charge in [0.2, 0.25) is 5.91 Å². The lowest BCUT2D eigenvalue weighted by atomic mass is 10.2. The number of phosphoric ester groups is 1. The van der Waals surface area contributed by atoms with Gasteiger partial charge in [-0.25, -0.2) is 18.5 Å². The van der Waals surface area contributed by atoms with Crippen LogP contribution in [0.4, 0.5) is 0 Å². The lowest BCUT2D eigenvalue weighted by Gasteiger charge is -2.28. The quantitative estimate of drug-likeness (QED) is 0.0400. The number of nitrogens with one attached hydrogen (secondary N) is 2. The molecular weight excluding hydrogens is 709 g/mol. The number of ether oxygens (including phenoxy) is 2. The smallest absolute Gasteiger partial charge is 0.364 e. The Morgan fingerprint density at radius 1 is 1.27 bits per heavy atom. The highest BCUT2D eigenvalue weighted by atomic mass is 32.8. The fraction of sp³-hybridized carbons (Fsp3) is 0.737. The maximum atomic E-state index is 12.4. The predicted molar refractivity (Wildman–Crippen MR) is 159 cm³/mol. The second-order valence-electron chi connectivity index (χ2n) is 9.99. The second kappa shape index (κ2) is 16.5. The van der Waals surface area contributed by atoms with Crippen LogP contribution in [-0.2, 0) is 61.8 Å². The highest BCUT2D eigenvalue weighted by Crippen LogP contribution is 2.66. The van der Waals surface area contributed by atoms with Crippen molar-refractivity contribution in [2.24, 2.45) is 5.11 Å². The summed E-state index contributed by atoms with van der Waals surface area (Å²) < 4.78 is 59.1. The van der Waals surface area contributed by atoms with Crippen molar-refractivity contribution < 1.29 is 60.7 Å². The summed E-state index contributed by atoms with van der Waals surface area (Å²) in [7, 11) is -17.8. The number of hydrogen-bond donors (Lipinski definition) is 6. The van der Waals surface area contributed by atoms with Crippen molar-refractivity contribution in [2.75, 3.05) is 25.6 Å². The molecule has 2 heterocycles. The van der Waals surface area contributed by atoms with Crippen molar-refractivity contribution in [3.63, 3.8) is 0 Å². The van der Waals surface area contributed by atoms with Crippen LogP contribution in [0.1, 0.15) is 44.9 Å². The number of amides is 1. The first-order valence-electron chi connectivity index (χ1n) is 12.7. The molecule has 0 bridgehead atoms. The standard InChI is InChI=1S/C19H33N6O15P3S2/c1-12-8-25(18(28)23-17(12)27)16-7-13(14(38-16)9-37-42(32,33)40-43(34,35)39-41(29,30)31)36-11-45(44)19(2,3)10-21-15(26)5-4-6-22-24-20/h8,13-14,16H,4-7,9-11H2,1-3H3,(H,21,26)(H,32,33)(H,34,35)(H,23,27,28)(H2,29,30,31)/t13-,14-,16-,45?/m1/s1. The van der Waals surface area contributed by atoms with Crippen molar-refractivity contribution in [2.45, 2.75) is 63.2 Å². The van der Waals surface area contributed by atoms with Gasteiger partial charge in [0.05, 0.1) is 18.6 Å². The lowest BCUT2D eigenvalue weighted by Crippen LogP contribution is -2.43. The van der Waals surface area contributed by atoms with Crippen LogP contribution in [0.2, 0.25) is 0 Å². The van der Waals surface area contributed by atoms with E-state index in [1.54, 1.807) is 13.8 Å². The molecule has 26 heteroatoms. The summed E-state index contributed by atoms with van der Waals surface area (Å²) in [5.74, 6) is -0.370. The van der Waals surface area contributed by atoms with Crippen LogP contribution >= 0.6 is 23.5 Å². The molecule has 3 unspecified atom stereocenters. The third-order valence-corrected chi connectivity index (χ3v) is 13.1. The Morgan fingerprint density at radius 2 is 1.93 bits per heavy atom. The van der Waals surface area contributed by atoms with E-state index < -0.39 is 74.0 Å². The molecule has 0 aromatic carbocycles. The van der Waals surface area contributed by atoms with Crippen molar-refractivity contribution in [1.82, 2.24) is 14.9 Å². The topological polar surface area (TPSA) is 311 Å². The van der Waals surface area contributed by atoms with Gasteiger partial charge in [0.15, 0.2) is 0 Å². The van der Waals surface area contributed by atoms with Crippen molar-refractivity contribution in [3.8, 4) is 0 Å². The number of carbonyl (C=O) groups is 1. The maximum absolute atomic E-state index is 12.4. The molecule has 1 aliphatic heterocycles. The minimum atomic E-state index is -5.77. The van der Waals surface area contributed by atoms with Crippen molar-refractivity contribution in [3.05, 3.63) is 43.0 Å². The van der Waals surface area contributed by atoms with E-state index in [-0.39, 0.29) is 43.3 Å². The number of aromatic amines is 1. The molecule has 1 aliphatic rings. The number of aryl methyl sites for hydroxylation is 1. The molecule has 1 saturated heterocycles. The number of hydrogen-bond acceptors (Lipinski definition) is 13. The van der Waals surface area contributed by atoms with Crippen molar-refractivity contribution in [1.29, 1.82) is 0 Å². The largest absolute Gasteiger partial charge is 0.490 e. The van der Waals surface area contributed by atoms with E-state index in [2.05, 4.69) is 28.9 Å². The summed E-state index contributed by atoms with van der Waals surface area (Å²) in [4.78, 5) is 77.8. The highest BCUT2D eigenvalue weighted by molar-refractivity contribution is 8.29. The first-order valence-corrected chi connectivity index (χ1v) is 19.5. The van der Waals surface area contributed by atoms with E-state index in [9.17, 15) is 37.9 Å². The third kappa shape index (κ3) is 13.6. The molecule has 0 radical (unpaired) electrons. The highest BCUT2D eigenvalue weighted by Gasteiger charge is 2.44. The number of rotatable bonds is 18. The monoisotopic (exact) mass is 742 g/mol. The van der Waals surface area contributed by atoms with Gasteiger partial charge in [0.1, 0.15) is 12.3 Å². The van der Waals surface area contributed by atoms with E-state index in [0.29, 0.717) is 6.42 Å². The normalized spacial score (nSPS) is 22.2. The molecule has 256 valence electrons. The zero-order valence-electron chi connectivity index (χ0n) is 24.0. The first-order chi connectivity index (χ1) is 20.6.